The van der Waals surface area contributed by atoms with E-state index in [1.165, 1.54) is 0 Å². The second-order valence-electron chi connectivity index (χ2n) is 6.36. The predicted molar refractivity (Wildman–Crippen MR) is 76.9 cm³/mol. The Balaban J connectivity index is 2.50. The normalized spacial score (nSPS) is 20.2. The van der Waals surface area contributed by atoms with Gasteiger partial charge in [0.1, 0.15) is 0 Å². The van der Waals surface area contributed by atoms with Crippen molar-refractivity contribution >= 4 is 5.91 Å². The number of rotatable bonds is 4. The first-order valence-electron chi connectivity index (χ1n) is 7.12. The summed E-state index contributed by atoms with van der Waals surface area (Å²) in [7, 11) is 1.72. The predicted octanol–water partition coefficient (Wildman–Crippen LogP) is 0.541. The third-order valence-corrected chi connectivity index (χ3v) is 3.71. The number of methoxy groups -OCH3 is 1. The van der Waals surface area contributed by atoms with E-state index in [0.717, 1.165) is 45.8 Å². The fourth-order valence-electron chi connectivity index (χ4n) is 2.20. The summed E-state index contributed by atoms with van der Waals surface area (Å²) in [6.07, 6.45) is 1.01. The summed E-state index contributed by atoms with van der Waals surface area (Å²) < 4.78 is 5.10. The van der Waals surface area contributed by atoms with Crippen molar-refractivity contribution in [2.45, 2.75) is 33.2 Å². The Kier molecular flexibility index (Phi) is 6.23. The Morgan fingerprint density at radius 1 is 1.26 bits per heavy atom. The lowest BCUT2D eigenvalue weighted by molar-refractivity contribution is -0.134. The zero-order chi connectivity index (χ0) is 14.5. The molecule has 0 aromatic carbocycles. The van der Waals surface area contributed by atoms with Crippen molar-refractivity contribution in [3.63, 3.8) is 0 Å². The van der Waals surface area contributed by atoms with Crippen LogP contribution in [0.25, 0.3) is 0 Å². The van der Waals surface area contributed by atoms with Crippen LogP contribution in [0.2, 0.25) is 0 Å². The lowest BCUT2D eigenvalue weighted by Crippen LogP contribution is -2.51. The molecule has 1 aliphatic rings. The van der Waals surface area contributed by atoms with Gasteiger partial charge >= 0.3 is 0 Å². The van der Waals surface area contributed by atoms with Crippen molar-refractivity contribution in [2.75, 3.05) is 46.4 Å². The molecule has 1 fully saturated rings. The number of hydrogen-bond acceptors (Lipinski definition) is 4. The second-order valence-corrected chi connectivity index (χ2v) is 6.36. The second kappa shape index (κ2) is 7.22. The van der Waals surface area contributed by atoms with Crippen LogP contribution in [0.1, 0.15) is 27.2 Å². The van der Waals surface area contributed by atoms with Crippen molar-refractivity contribution < 1.29 is 9.53 Å². The van der Waals surface area contributed by atoms with E-state index < -0.39 is 6.04 Å². The fourth-order valence-corrected chi connectivity index (χ4v) is 2.20. The van der Waals surface area contributed by atoms with Crippen molar-refractivity contribution in [3.05, 3.63) is 0 Å². The molecule has 19 heavy (non-hydrogen) atoms. The Labute approximate surface area is 117 Å². The van der Waals surface area contributed by atoms with Crippen molar-refractivity contribution in [1.82, 2.24) is 9.80 Å². The maximum Gasteiger partial charge on any atom is 0.240 e. The molecule has 1 aliphatic heterocycles. The zero-order valence-electron chi connectivity index (χ0n) is 12.8. The fraction of sp³-hybridized carbons (Fsp3) is 0.929. The molecule has 0 unspecified atom stereocenters. The van der Waals surface area contributed by atoms with E-state index in [0.29, 0.717) is 0 Å². The number of carbonyl (C=O) groups excluding carboxylic acids is 1. The molecule has 0 aromatic rings. The van der Waals surface area contributed by atoms with Gasteiger partial charge in [-0.1, -0.05) is 20.8 Å². The minimum atomic E-state index is -0.418. The van der Waals surface area contributed by atoms with Crippen LogP contribution >= 0.6 is 0 Å². The average Bonchev–Trinajstić information content (AvgIpc) is 2.58. The average molecular weight is 271 g/mol. The van der Waals surface area contributed by atoms with Crippen LogP contribution in [0.5, 0.6) is 0 Å². The highest BCUT2D eigenvalue weighted by Gasteiger charge is 2.31. The Bertz CT molecular complexity index is 289. The van der Waals surface area contributed by atoms with Crippen molar-refractivity contribution in [3.8, 4) is 0 Å². The van der Waals surface area contributed by atoms with Crippen LogP contribution < -0.4 is 5.73 Å². The molecule has 5 heteroatoms. The molecule has 1 saturated heterocycles. The molecule has 0 aliphatic carbocycles. The van der Waals surface area contributed by atoms with Crippen LogP contribution in [0.3, 0.4) is 0 Å². The lowest BCUT2D eigenvalue weighted by atomic mass is 9.86. The summed E-state index contributed by atoms with van der Waals surface area (Å²) in [5.74, 6) is 0.0843. The van der Waals surface area contributed by atoms with E-state index in [4.69, 9.17) is 10.5 Å². The molecule has 5 nitrogen and oxygen atoms in total. The molecule has 0 spiro atoms. The molecule has 1 heterocycles. The SMILES string of the molecule is COCCN1CCCN(C(=O)[C@@H](N)C(C)(C)C)CC1. The van der Waals surface area contributed by atoms with Gasteiger partial charge in [0.2, 0.25) is 5.91 Å². The van der Waals surface area contributed by atoms with Crippen molar-refractivity contribution in [1.29, 1.82) is 0 Å². The first-order chi connectivity index (χ1) is 8.86. The molecule has 1 amide bonds. The highest BCUT2D eigenvalue weighted by atomic mass is 16.5. The molecule has 1 rings (SSSR count). The topological polar surface area (TPSA) is 58.8 Å². The summed E-state index contributed by atoms with van der Waals surface area (Å²) in [4.78, 5) is 16.6. The van der Waals surface area contributed by atoms with Crippen LogP contribution in [-0.2, 0) is 9.53 Å². The third kappa shape index (κ3) is 5.09. The van der Waals surface area contributed by atoms with Gasteiger partial charge in [0, 0.05) is 33.3 Å². The van der Waals surface area contributed by atoms with E-state index in [1.54, 1.807) is 7.11 Å². The van der Waals surface area contributed by atoms with Crippen LogP contribution in [0, 0.1) is 5.41 Å². The van der Waals surface area contributed by atoms with Crippen LogP contribution in [0.15, 0.2) is 0 Å². The summed E-state index contributed by atoms with van der Waals surface area (Å²) in [6, 6.07) is -0.418. The highest BCUT2D eigenvalue weighted by Crippen LogP contribution is 2.19. The maximum absolute atomic E-state index is 12.4. The number of nitrogens with two attached hydrogens (primary N) is 1. The molecule has 0 aromatic heterocycles. The van der Waals surface area contributed by atoms with E-state index in [2.05, 4.69) is 4.90 Å². The number of nitrogens with zero attached hydrogens (tertiary/aromatic N) is 2. The highest BCUT2D eigenvalue weighted by molar-refractivity contribution is 5.82. The zero-order valence-corrected chi connectivity index (χ0v) is 12.8. The van der Waals surface area contributed by atoms with E-state index in [9.17, 15) is 4.79 Å². The molecule has 0 radical (unpaired) electrons. The van der Waals surface area contributed by atoms with E-state index in [-0.39, 0.29) is 11.3 Å². The maximum atomic E-state index is 12.4. The van der Waals surface area contributed by atoms with Gasteiger partial charge in [0.25, 0.3) is 0 Å². The van der Waals surface area contributed by atoms with Gasteiger partial charge in [0.05, 0.1) is 12.6 Å². The standard InChI is InChI=1S/C14H29N3O2/c1-14(2,3)12(15)13(18)17-7-5-6-16(8-9-17)10-11-19-4/h12H,5-11,15H2,1-4H3/t12-/m1/s1. The van der Waals surface area contributed by atoms with E-state index in [1.807, 2.05) is 25.7 Å². The minimum absolute atomic E-state index is 0.0843. The Morgan fingerprint density at radius 2 is 1.95 bits per heavy atom. The summed E-state index contributed by atoms with van der Waals surface area (Å²) in [5, 5.41) is 0. The number of ether oxygens (including phenoxy) is 1. The monoisotopic (exact) mass is 271 g/mol. The number of carbonyl (C=O) groups is 1. The van der Waals surface area contributed by atoms with Gasteiger partial charge in [0.15, 0.2) is 0 Å². The minimum Gasteiger partial charge on any atom is -0.383 e. The molecule has 0 bridgehead atoms. The first kappa shape index (κ1) is 16.4. The van der Waals surface area contributed by atoms with Gasteiger partial charge in [-0.25, -0.2) is 0 Å². The molecular weight excluding hydrogens is 242 g/mol. The van der Waals surface area contributed by atoms with Crippen LogP contribution in [-0.4, -0.2) is 68.2 Å². The van der Waals surface area contributed by atoms with E-state index >= 15 is 0 Å². The molecular formula is C14H29N3O2. The quantitative estimate of drug-likeness (QED) is 0.811. The summed E-state index contributed by atoms with van der Waals surface area (Å²) in [5.41, 5.74) is 5.88. The lowest BCUT2D eigenvalue weighted by Gasteiger charge is -2.31. The smallest absolute Gasteiger partial charge is 0.240 e. The Morgan fingerprint density at radius 3 is 2.53 bits per heavy atom. The molecule has 2 N–H and O–H groups in total. The van der Waals surface area contributed by atoms with Gasteiger partial charge in [-0.3, -0.25) is 9.69 Å². The summed E-state index contributed by atoms with van der Waals surface area (Å²) >= 11 is 0. The van der Waals surface area contributed by atoms with Gasteiger partial charge in [-0.2, -0.15) is 0 Å². The van der Waals surface area contributed by atoms with Gasteiger partial charge in [-0.15, -0.1) is 0 Å². The molecule has 1 atom stereocenters. The van der Waals surface area contributed by atoms with Gasteiger partial charge < -0.3 is 15.4 Å². The third-order valence-electron chi connectivity index (χ3n) is 3.71. The molecule has 0 saturated carbocycles. The van der Waals surface area contributed by atoms with Crippen molar-refractivity contribution in [2.24, 2.45) is 11.1 Å². The molecule has 112 valence electrons. The summed E-state index contributed by atoms with van der Waals surface area (Å²) in [6.45, 7) is 11.2. The number of hydrogen-bond donors (Lipinski definition) is 1. The number of amides is 1. The Hall–Kier alpha value is -0.650. The van der Waals surface area contributed by atoms with Gasteiger partial charge in [-0.05, 0) is 18.4 Å². The first-order valence-corrected chi connectivity index (χ1v) is 7.12. The largest absolute Gasteiger partial charge is 0.383 e. The van der Waals surface area contributed by atoms with Crippen LogP contribution in [0.4, 0.5) is 0 Å².